The van der Waals surface area contributed by atoms with Gasteiger partial charge >= 0.3 is 0 Å². The standard InChI is InChI=1S/C10H8BrFN2O/c1-15-8-3-2-6(4-7(8)12)9-10(11)14-5-13-9/h2-5H,1H3,(H,13,14). The molecule has 15 heavy (non-hydrogen) atoms. The summed E-state index contributed by atoms with van der Waals surface area (Å²) in [5.41, 5.74) is 1.37. The number of nitrogens with zero attached hydrogens (tertiary/aromatic N) is 1. The number of H-pyrrole nitrogens is 1. The lowest BCUT2D eigenvalue weighted by Gasteiger charge is -2.03. The highest BCUT2D eigenvalue weighted by Gasteiger charge is 2.09. The van der Waals surface area contributed by atoms with Crippen molar-refractivity contribution >= 4 is 15.9 Å². The van der Waals surface area contributed by atoms with Crippen LogP contribution in [-0.4, -0.2) is 17.1 Å². The van der Waals surface area contributed by atoms with E-state index < -0.39 is 5.82 Å². The zero-order chi connectivity index (χ0) is 10.8. The number of ether oxygens (including phenoxy) is 1. The Labute approximate surface area is 94.4 Å². The van der Waals surface area contributed by atoms with Crippen molar-refractivity contribution in [2.75, 3.05) is 7.11 Å². The van der Waals surface area contributed by atoms with E-state index in [9.17, 15) is 4.39 Å². The van der Waals surface area contributed by atoms with E-state index in [0.29, 0.717) is 11.3 Å². The molecule has 0 bridgehead atoms. The summed E-state index contributed by atoms with van der Waals surface area (Å²) in [6.07, 6.45) is 1.54. The van der Waals surface area contributed by atoms with Gasteiger partial charge in [-0.05, 0) is 34.1 Å². The van der Waals surface area contributed by atoms with Gasteiger partial charge in [-0.3, -0.25) is 0 Å². The fourth-order valence-corrected chi connectivity index (χ4v) is 1.73. The number of aromatic nitrogens is 2. The highest BCUT2D eigenvalue weighted by atomic mass is 79.9. The van der Waals surface area contributed by atoms with E-state index in [-0.39, 0.29) is 5.75 Å². The SMILES string of the molecule is COc1ccc(-c2nc[nH]c2Br)cc1F. The lowest BCUT2D eigenvalue weighted by atomic mass is 10.1. The second-order valence-electron chi connectivity index (χ2n) is 2.91. The summed E-state index contributed by atoms with van der Waals surface area (Å²) in [5.74, 6) is -0.171. The molecule has 0 spiro atoms. The Balaban J connectivity index is 2.47. The third-order valence-corrected chi connectivity index (χ3v) is 2.62. The van der Waals surface area contributed by atoms with E-state index in [1.165, 1.54) is 13.2 Å². The minimum Gasteiger partial charge on any atom is -0.494 e. The maximum atomic E-state index is 13.4. The van der Waals surface area contributed by atoms with Gasteiger partial charge in [-0.25, -0.2) is 9.37 Å². The van der Waals surface area contributed by atoms with E-state index in [2.05, 4.69) is 25.9 Å². The second-order valence-corrected chi connectivity index (χ2v) is 3.71. The molecule has 1 heterocycles. The van der Waals surface area contributed by atoms with Gasteiger partial charge in [0.1, 0.15) is 10.3 Å². The monoisotopic (exact) mass is 270 g/mol. The average Bonchev–Trinajstić information content (AvgIpc) is 2.64. The summed E-state index contributed by atoms with van der Waals surface area (Å²) >= 11 is 3.29. The van der Waals surface area contributed by atoms with Gasteiger partial charge in [0.05, 0.1) is 13.4 Å². The van der Waals surface area contributed by atoms with Gasteiger partial charge in [0.15, 0.2) is 11.6 Å². The quantitative estimate of drug-likeness (QED) is 0.911. The summed E-state index contributed by atoms with van der Waals surface area (Å²) in [6.45, 7) is 0. The van der Waals surface area contributed by atoms with Gasteiger partial charge in [0, 0.05) is 5.56 Å². The fraction of sp³-hybridized carbons (Fsp3) is 0.100. The van der Waals surface area contributed by atoms with Gasteiger partial charge in [-0.1, -0.05) is 0 Å². The summed E-state index contributed by atoms with van der Waals surface area (Å²) in [6, 6.07) is 4.72. The van der Waals surface area contributed by atoms with E-state index >= 15 is 0 Å². The maximum Gasteiger partial charge on any atom is 0.165 e. The van der Waals surface area contributed by atoms with Gasteiger partial charge in [0.25, 0.3) is 0 Å². The number of hydrogen-bond acceptors (Lipinski definition) is 2. The zero-order valence-corrected chi connectivity index (χ0v) is 9.51. The van der Waals surface area contributed by atoms with Crippen LogP contribution in [0.15, 0.2) is 29.1 Å². The van der Waals surface area contributed by atoms with Crippen molar-refractivity contribution in [3.05, 3.63) is 34.9 Å². The van der Waals surface area contributed by atoms with Crippen LogP contribution in [0.25, 0.3) is 11.3 Å². The molecule has 0 unspecified atom stereocenters. The molecule has 0 saturated carbocycles. The molecule has 1 aromatic heterocycles. The highest BCUT2D eigenvalue weighted by molar-refractivity contribution is 9.10. The number of methoxy groups -OCH3 is 1. The Bertz CT molecular complexity index is 484. The Kier molecular flexibility index (Phi) is 2.73. The third kappa shape index (κ3) is 1.87. The molecule has 0 aliphatic heterocycles. The summed E-state index contributed by atoms with van der Waals surface area (Å²) in [4.78, 5) is 6.94. The maximum absolute atomic E-state index is 13.4. The van der Waals surface area contributed by atoms with E-state index in [4.69, 9.17) is 4.74 Å². The fourth-order valence-electron chi connectivity index (χ4n) is 1.29. The van der Waals surface area contributed by atoms with Crippen LogP contribution in [0.4, 0.5) is 4.39 Å². The van der Waals surface area contributed by atoms with Gasteiger partial charge in [-0.15, -0.1) is 0 Å². The number of nitrogens with one attached hydrogen (secondary N) is 1. The third-order valence-electron chi connectivity index (χ3n) is 2.02. The van der Waals surface area contributed by atoms with Crippen molar-refractivity contribution in [2.24, 2.45) is 0 Å². The van der Waals surface area contributed by atoms with Crippen molar-refractivity contribution in [3.63, 3.8) is 0 Å². The predicted octanol–water partition coefficient (Wildman–Crippen LogP) is 2.99. The van der Waals surface area contributed by atoms with Crippen LogP contribution in [0.1, 0.15) is 0 Å². The molecule has 0 amide bonds. The van der Waals surface area contributed by atoms with Crippen LogP contribution in [0.3, 0.4) is 0 Å². The molecule has 3 nitrogen and oxygen atoms in total. The molecule has 0 aliphatic carbocycles. The first-order chi connectivity index (χ1) is 7.22. The predicted molar refractivity (Wildman–Crippen MR) is 58.2 cm³/mol. The number of aromatic amines is 1. The van der Waals surface area contributed by atoms with Crippen molar-refractivity contribution in [2.45, 2.75) is 0 Å². The summed E-state index contributed by atoms with van der Waals surface area (Å²) in [7, 11) is 1.43. The number of hydrogen-bond donors (Lipinski definition) is 1. The molecule has 1 aromatic carbocycles. The molecule has 0 aliphatic rings. The normalized spacial score (nSPS) is 10.3. The molecule has 0 atom stereocenters. The average molecular weight is 271 g/mol. The van der Waals surface area contributed by atoms with Crippen LogP contribution >= 0.6 is 15.9 Å². The molecule has 0 saturated heterocycles. The molecular weight excluding hydrogens is 263 g/mol. The van der Waals surface area contributed by atoms with Crippen LogP contribution < -0.4 is 4.74 Å². The zero-order valence-electron chi connectivity index (χ0n) is 7.92. The minimum atomic E-state index is -0.398. The minimum absolute atomic E-state index is 0.227. The molecule has 5 heteroatoms. The largest absolute Gasteiger partial charge is 0.494 e. The van der Waals surface area contributed by atoms with Crippen LogP contribution in [0, 0.1) is 5.82 Å². The molecule has 0 radical (unpaired) electrons. The van der Waals surface area contributed by atoms with Gasteiger partial charge in [0.2, 0.25) is 0 Å². The van der Waals surface area contributed by atoms with Gasteiger partial charge < -0.3 is 9.72 Å². The van der Waals surface area contributed by atoms with Crippen LogP contribution in [0.5, 0.6) is 5.75 Å². The van der Waals surface area contributed by atoms with Crippen molar-refractivity contribution in [3.8, 4) is 17.0 Å². The lowest BCUT2D eigenvalue weighted by molar-refractivity contribution is 0.386. The lowest BCUT2D eigenvalue weighted by Crippen LogP contribution is -1.88. The first kappa shape index (κ1) is 10.2. The van der Waals surface area contributed by atoms with E-state index in [0.717, 1.165) is 4.60 Å². The number of halogens is 2. The number of imidazole rings is 1. The van der Waals surface area contributed by atoms with E-state index in [1.807, 2.05) is 0 Å². The van der Waals surface area contributed by atoms with Crippen molar-refractivity contribution in [1.29, 1.82) is 0 Å². The van der Waals surface area contributed by atoms with Crippen LogP contribution in [0.2, 0.25) is 0 Å². The van der Waals surface area contributed by atoms with Gasteiger partial charge in [-0.2, -0.15) is 0 Å². The second kappa shape index (κ2) is 4.02. The Hall–Kier alpha value is -1.36. The smallest absolute Gasteiger partial charge is 0.165 e. The molecular formula is C10H8BrFN2O. The first-order valence-electron chi connectivity index (χ1n) is 4.25. The summed E-state index contributed by atoms with van der Waals surface area (Å²) < 4.78 is 19.0. The topological polar surface area (TPSA) is 37.9 Å². The molecule has 0 fully saturated rings. The van der Waals surface area contributed by atoms with Crippen molar-refractivity contribution in [1.82, 2.24) is 9.97 Å². The van der Waals surface area contributed by atoms with E-state index in [1.54, 1.807) is 18.5 Å². The van der Waals surface area contributed by atoms with Crippen LogP contribution in [-0.2, 0) is 0 Å². The first-order valence-corrected chi connectivity index (χ1v) is 5.04. The Morgan fingerprint density at radius 1 is 1.47 bits per heavy atom. The Morgan fingerprint density at radius 3 is 2.80 bits per heavy atom. The Morgan fingerprint density at radius 2 is 2.27 bits per heavy atom. The molecule has 78 valence electrons. The molecule has 1 N–H and O–H groups in total. The number of rotatable bonds is 2. The summed E-state index contributed by atoms with van der Waals surface area (Å²) in [5, 5.41) is 0. The molecule has 2 rings (SSSR count). The molecule has 2 aromatic rings. The highest BCUT2D eigenvalue weighted by Crippen LogP contribution is 2.28. The number of benzene rings is 1. The van der Waals surface area contributed by atoms with Crippen molar-refractivity contribution < 1.29 is 9.13 Å².